The third-order valence-corrected chi connectivity index (χ3v) is 7.37. The Bertz CT molecular complexity index is 788. The number of fused-ring (bicyclic) bond motifs is 2. The molecule has 4 atom stereocenters. The number of oxime groups is 1. The topological polar surface area (TPSA) is 32.6 Å². The van der Waals surface area contributed by atoms with Crippen LogP contribution in [-0.2, 0) is 12.8 Å². The molecule has 29 heavy (non-hydrogen) atoms. The average molecular weight is 390 g/mol. The highest BCUT2D eigenvalue weighted by molar-refractivity contribution is 5.91. The largest absolute Gasteiger partial charge is 0.411 e. The van der Waals surface area contributed by atoms with Crippen LogP contribution in [0.4, 0.5) is 0 Å². The van der Waals surface area contributed by atoms with Gasteiger partial charge in [-0.1, -0.05) is 93.2 Å². The fourth-order valence-electron chi connectivity index (χ4n) is 5.69. The van der Waals surface area contributed by atoms with Crippen LogP contribution in [0.1, 0.15) is 86.5 Å². The van der Waals surface area contributed by atoms with E-state index in [4.69, 9.17) is 0 Å². The predicted molar refractivity (Wildman–Crippen MR) is 121 cm³/mol. The molecule has 4 rings (SSSR count). The Hall–Kier alpha value is -2.09. The Morgan fingerprint density at radius 1 is 0.828 bits per heavy atom. The first-order chi connectivity index (χ1) is 14.3. The molecule has 0 fully saturated rings. The van der Waals surface area contributed by atoms with Crippen molar-refractivity contribution in [3.8, 4) is 0 Å². The van der Waals surface area contributed by atoms with Crippen LogP contribution in [-0.4, -0.2) is 10.9 Å². The molecule has 0 aliphatic heterocycles. The van der Waals surface area contributed by atoms with Crippen LogP contribution in [0, 0.1) is 11.8 Å². The molecular formula is C27H35NO. The summed E-state index contributed by atoms with van der Waals surface area (Å²) < 4.78 is 0. The zero-order valence-corrected chi connectivity index (χ0v) is 18.0. The molecule has 0 saturated carbocycles. The van der Waals surface area contributed by atoms with Crippen molar-refractivity contribution >= 4 is 5.71 Å². The van der Waals surface area contributed by atoms with Crippen molar-refractivity contribution in [3.63, 3.8) is 0 Å². The maximum Gasteiger partial charge on any atom is 0.0644 e. The van der Waals surface area contributed by atoms with Crippen LogP contribution in [0.3, 0.4) is 0 Å². The Morgan fingerprint density at radius 3 is 1.66 bits per heavy atom. The molecule has 154 valence electrons. The van der Waals surface area contributed by atoms with Gasteiger partial charge in [0.1, 0.15) is 0 Å². The van der Waals surface area contributed by atoms with Crippen molar-refractivity contribution in [2.45, 2.75) is 77.0 Å². The van der Waals surface area contributed by atoms with Gasteiger partial charge in [0.05, 0.1) is 5.71 Å². The van der Waals surface area contributed by atoms with Gasteiger partial charge in [0.25, 0.3) is 0 Å². The zero-order valence-electron chi connectivity index (χ0n) is 18.0. The molecule has 4 unspecified atom stereocenters. The Morgan fingerprint density at radius 2 is 1.28 bits per heavy atom. The lowest BCUT2D eigenvalue weighted by Gasteiger charge is -2.43. The number of benzene rings is 2. The second-order valence-corrected chi connectivity index (χ2v) is 9.04. The van der Waals surface area contributed by atoms with Crippen LogP contribution in [0.25, 0.3) is 0 Å². The Labute approximate surface area is 176 Å². The molecule has 0 heterocycles. The van der Waals surface area contributed by atoms with Gasteiger partial charge in [-0.05, 0) is 59.8 Å². The van der Waals surface area contributed by atoms with E-state index in [1.165, 1.54) is 47.9 Å². The maximum absolute atomic E-state index is 10.3. The Kier molecular flexibility index (Phi) is 6.37. The van der Waals surface area contributed by atoms with Crippen molar-refractivity contribution in [1.29, 1.82) is 0 Å². The van der Waals surface area contributed by atoms with Gasteiger partial charge >= 0.3 is 0 Å². The lowest BCUT2D eigenvalue weighted by molar-refractivity contribution is 0.293. The van der Waals surface area contributed by atoms with E-state index in [0.717, 1.165) is 31.4 Å². The van der Waals surface area contributed by atoms with E-state index in [2.05, 4.69) is 67.5 Å². The first-order valence-electron chi connectivity index (χ1n) is 11.7. The summed E-state index contributed by atoms with van der Waals surface area (Å²) >= 11 is 0. The second kappa shape index (κ2) is 9.15. The van der Waals surface area contributed by atoms with Gasteiger partial charge in [-0.3, -0.25) is 0 Å². The predicted octanol–water partition coefficient (Wildman–Crippen LogP) is 7.11. The Balaban J connectivity index is 1.63. The number of hydrogen-bond donors (Lipinski definition) is 1. The van der Waals surface area contributed by atoms with Gasteiger partial charge in [0.15, 0.2) is 0 Å². The van der Waals surface area contributed by atoms with Gasteiger partial charge in [0, 0.05) is 11.8 Å². The van der Waals surface area contributed by atoms with E-state index in [9.17, 15) is 5.21 Å². The number of rotatable bonds is 10. The van der Waals surface area contributed by atoms with Crippen molar-refractivity contribution in [2.24, 2.45) is 17.0 Å². The second-order valence-electron chi connectivity index (χ2n) is 9.04. The first-order valence-corrected chi connectivity index (χ1v) is 11.7. The van der Waals surface area contributed by atoms with Crippen molar-refractivity contribution < 1.29 is 5.21 Å². The smallest absolute Gasteiger partial charge is 0.0644 e. The molecule has 2 nitrogen and oxygen atoms in total. The third kappa shape index (κ3) is 3.86. The minimum Gasteiger partial charge on any atom is -0.411 e. The summed E-state index contributed by atoms with van der Waals surface area (Å²) in [4.78, 5) is 0. The molecule has 2 heteroatoms. The highest BCUT2D eigenvalue weighted by Gasteiger charge is 2.42. The summed E-state index contributed by atoms with van der Waals surface area (Å²) in [5.41, 5.74) is 7.02. The van der Waals surface area contributed by atoms with Crippen LogP contribution < -0.4 is 0 Å². The molecular weight excluding hydrogens is 354 g/mol. The third-order valence-electron chi connectivity index (χ3n) is 7.37. The summed E-state index contributed by atoms with van der Waals surface area (Å²) in [6, 6.07) is 17.7. The minimum atomic E-state index is 0.365. The minimum absolute atomic E-state index is 0.365. The SMILES string of the molecule is CCCCC(C(=NO)C(CCCC)C1Cc2ccccc21)C1Cc2ccccc21. The lowest BCUT2D eigenvalue weighted by atomic mass is 9.61. The summed E-state index contributed by atoms with van der Waals surface area (Å²) in [6.45, 7) is 4.52. The summed E-state index contributed by atoms with van der Waals surface area (Å²) in [5.74, 6) is 1.76. The molecule has 0 aromatic heterocycles. The van der Waals surface area contributed by atoms with Crippen molar-refractivity contribution in [2.75, 3.05) is 0 Å². The van der Waals surface area contributed by atoms with Crippen molar-refractivity contribution in [3.05, 3.63) is 70.8 Å². The monoisotopic (exact) mass is 389 g/mol. The van der Waals surface area contributed by atoms with E-state index < -0.39 is 0 Å². The molecule has 2 aromatic carbocycles. The molecule has 2 aliphatic carbocycles. The molecule has 0 bridgehead atoms. The number of nitrogens with zero attached hydrogens (tertiary/aromatic N) is 1. The highest BCUT2D eigenvalue weighted by Crippen LogP contribution is 2.48. The normalized spacial score (nSPS) is 21.2. The fourth-order valence-corrected chi connectivity index (χ4v) is 5.69. The number of unbranched alkanes of at least 4 members (excludes halogenated alkanes) is 2. The van der Waals surface area contributed by atoms with Crippen LogP contribution >= 0.6 is 0 Å². The summed E-state index contributed by atoms with van der Waals surface area (Å²) in [7, 11) is 0. The zero-order chi connectivity index (χ0) is 20.2. The van der Waals surface area contributed by atoms with Crippen LogP contribution in [0.2, 0.25) is 0 Å². The maximum atomic E-state index is 10.3. The molecule has 0 saturated heterocycles. The van der Waals surface area contributed by atoms with E-state index in [0.29, 0.717) is 23.7 Å². The standard InChI is InChI=1S/C27H35NO/c1-3-5-13-23(25-17-19-11-7-9-15-21(19)25)27(28-29)24(14-6-4-2)26-18-20-12-8-10-16-22(20)26/h7-12,15-16,23-26,29H,3-6,13-14,17-18H2,1-2H3. The van der Waals surface area contributed by atoms with Gasteiger partial charge < -0.3 is 5.21 Å². The average Bonchev–Trinajstić information content (AvgIpc) is 2.71. The summed E-state index contributed by atoms with van der Waals surface area (Å²) in [5, 5.41) is 14.3. The first kappa shape index (κ1) is 20.2. The van der Waals surface area contributed by atoms with Crippen LogP contribution in [0.15, 0.2) is 53.7 Å². The summed E-state index contributed by atoms with van der Waals surface area (Å²) in [6.07, 6.45) is 9.30. The molecule has 1 N–H and O–H groups in total. The van der Waals surface area contributed by atoms with Gasteiger partial charge in [-0.2, -0.15) is 0 Å². The molecule has 0 spiro atoms. The van der Waals surface area contributed by atoms with E-state index in [-0.39, 0.29) is 0 Å². The number of hydrogen-bond acceptors (Lipinski definition) is 2. The fraction of sp³-hybridized carbons (Fsp3) is 0.519. The van der Waals surface area contributed by atoms with E-state index in [1.807, 2.05) is 0 Å². The lowest BCUT2D eigenvalue weighted by Crippen LogP contribution is -2.39. The molecule has 2 aliphatic rings. The van der Waals surface area contributed by atoms with Crippen molar-refractivity contribution in [1.82, 2.24) is 0 Å². The van der Waals surface area contributed by atoms with Gasteiger partial charge in [-0.25, -0.2) is 0 Å². The molecule has 0 radical (unpaired) electrons. The van der Waals surface area contributed by atoms with Gasteiger partial charge in [0.2, 0.25) is 0 Å². The quantitative estimate of drug-likeness (QED) is 0.262. The van der Waals surface area contributed by atoms with E-state index in [1.54, 1.807) is 0 Å². The van der Waals surface area contributed by atoms with Crippen LogP contribution in [0.5, 0.6) is 0 Å². The van der Waals surface area contributed by atoms with E-state index >= 15 is 0 Å². The van der Waals surface area contributed by atoms with Gasteiger partial charge in [-0.15, -0.1) is 0 Å². The molecule has 2 aromatic rings. The molecule has 0 amide bonds. The highest BCUT2D eigenvalue weighted by atomic mass is 16.4.